The average molecular weight is 452 g/mol. The number of carbonyl (C=O) groups excluding carboxylic acids is 1. The van der Waals surface area contributed by atoms with E-state index in [2.05, 4.69) is 10.5 Å². The van der Waals surface area contributed by atoms with Crippen molar-refractivity contribution in [1.82, 2.24) is 5.43 Å². The number of hydrogen-bond donors (Lipinski definition) is 1. The standard InChI is InChI=1S/C22H20N4O5S/c1-17-9-5-7-13-20(17)25(32(30,31)19-11-3-2-4-12-19)16-22(27)24-23-15-18-10-6-8-14-21(18)26(28)29/h2-15H,16H2,1H3,(H,24,27)/b23-15-. The maximum absolute atomic E-state index is 13.3. The van der Waals surface area contributed by atoms with Crippen LogP contribution in [0.3, 0.4) is 0 Å². The number of benzene rings is 3. The van der Waals surface area contributed by atoms with Gasteiger partial charge in [0.1, 0.15) is 6.54 Å². The summed E-state index contributed by atoms with van der Waals surface area (Å²) in [6.07, 6.45) is 1.14. The van der Waals surface area contributed by atoms with Crippen LogP contribution in [0.2, 0.25) is 0 Å². The summed E-state index contributed by atoms with van der Waals surface area (Å²) in [5.74, 6) is -0.706. The molecule has 0 atom stereocenters. The number of nitro benzene ring substituents is 1. The van der Waals surface area contributed by atoms with Gasteiger partial charge in [0.15, 0.2) is 0 Å². The number of aryl methyl sites for hydroxylation is 1. The maximum atomic E-state index is 13.3. The monoisotopic (exact) mass is 452 g/mol. The third kappa shape index (κ3) is 5.16. The van der Waals surface area contributed by atoms with Gasteiger partial charge in [-0.1, -0.05) is 48.5 Å². The minimum atomic E-state index is -4.04. The second-order valence-electron chi connectivity index (χ2n) is 6.72. The van der Waals surface area contributed by atoms with E-state index in [1.165, 1.54) is 30.3 Å². The van der Waals surface area contributed by atoms with Gasteiger partial charge in [-0.05, 0) is 36.8 Å². The number of hydrazone groups is 1. The normalized spacial score (nSPS) is 11.3. The van der Waals surface area contributed by atoms with E-state index in [4.69, 9.17) is 0 Å². The van der Waals surface area contributed by atoms with Gasteiger partial charge in [-0.2, -0.15) is 5.10 Å². The molecule has 0 bridgehead atoms. The zero-order valence-corrected chi connectivity index (χ0v) is 17.9. The first-order chi connectivity index (χ1) is 15.3. The number of hydrogen-bond acceptors (Lipinski definition) is 6. The molecule has 0 heterocycles. The van der Waals surface area contributed by atoms with Gasteiger partial charge in [0.2, 0.25) is 0 Å². The lowest BCUT2D eigenvalue weighted by atomic mass is 10.2. The van der Waals surface area contributed by atoms with Gasteiger partial charge in [0, 0.05) is 6.07 Å². The molecule has 0 aliphatic carbocycles. The van der Waals surface area contributed by atoms with E-state index in [1.807, 2.05) is 0 Å². The number of nitrogens with zero attached hydrogens (tertiary/aromatic N) is 3. The fraction of sp³-hybridized carbons (Fsp3) is 0.0909. The van der Waals surface area contributed by atoms with Crippen molar-refractivity contribution >= 4 is 33.5 Å². The summed E-state index contributed by atoms with van der Waals surface area (Å²) in [5.41, 5.74) is 3.30. The minimum absolute atomic E-state index is 0.0412. The van der Waals surface area contributed by atoms with Crippen molar-refractivity contribution in [3.05, 3.63) is 100 Å². The molecule has 0 aromatic heterocycles. The number of nitro groups is 1. The van der Waals surface area contributed by atoms with E-state index in [-0.39, 0.29) is 16.1 Å². The molecule has 0 saturated carbocycles. The first-order valence-electron chi connectivity index (χ1n) is 9.49. The van der Waals surface area contributed by atoms with Crippen LogP contribution in [0.1, 0.15) is 11.1 Å². The summed E-state index contributed by atoms with van der Waals surface area (Å²) in [6.45, 7) is 1.21. The van der Waals surface area contributed by atoms with Crippen LogP contribution in [-0.4, -0.2) is 32.0 Å². The Hall–Kier alpha value is -4.05. The molecule has 0 saturated heterocycles. The number of sulfonamides is 1. The van der Waals surface area contributed by atoms with Gasteiger partial charge in [-0.15, -0.1) is 0 Å². The minimum Gasteiger partial charge on any atom is -0.271 e. The molecule has 0 unspecified atom stereocenters. The van der Waals surface area contributed by atoms with E-state index >= 15 is 0 Å². The smallest absolute Gasteiger partial charge is 0.271 e. The summed E-state index contributed by atoms with van der Waals surface area (Å²) in [4.78, 5) is 23.1. The maximum Gasteiger partial charge on any atom is 0.278 e. The van der Waals surface area contributed by atoms with Crippen molar-refractivity contribution in [1.29, 1.82) is 0 Å². The van der Waals surface area contributed by atoms with E-state index in [0.29, 0.717) is 11.3 Å². The van der Waals surface area contributed by atoms with Crippen LogP contribution in [0, 0.1) is 17.0 Å². The highest BCUT2D eigenvalue weighted by molar-refractivity contribution is 7.92. The first kappa shape index (κ1) is 22.6. The van der Waals surface area contributed by atoms with Crippen LogP contribution in [0.4, 0.5) is 11.4 Å². The average Bonchev–Trinajstić information content (AvgIpc) is 2.79. The molecule has 0 fully saturated rings. The van der Waals surface area contributed by atoms with Crippen LogP contribution < -0.4 is 9.73 Å². The molecule has 9 nitrogen and oxygen atoms in total. The molecule has 3 aromatic carbocycles. The van der Waals surface area contributed by atoms with Crippen molar-refractivity contribution in [3.63, 3.8) is 0 Å². The lowest BCUT2D eigenvalue weighted by Gasteiger charge is -2.25. The fourth-order valence-corrected chi connectivity index (χ4v) is 4.47. The van der Waals surface area contributed by atoms with Gasteiger partial charge in [-0.25, -0.2) is 13.8 Å². The molecule has 0 aliphatic heterocycles. The van der Waals surface area contributed by atoms with Crippen LogP contribution in [-0.2, 0) is 14.8 Å². The van der Waals surface area contributed by atoms with Gasteiger partial charge in [0.25, 0.3) is 21.6 Å². The number of para-hydroxylation sites is 2. The summed E-state index contributed by atoms with van der Waals surface area (Å²) in [6, 6.07) is 20.5. The molecular formula is C22H20N4O5S. The Morgan fingerprint density at radius 1 is 1.03 bits per heavy atom. The molecule has 32 heavy (non-hydrogen) atoms. The van der Waals surface area contributed by atoms with Crippen LogP contribution in [0.5, 0.6) is 0 Å². The summed E-state index contributed by atoms with van der Waals surface area (Å²) in [5, 5.41) is 14.8. The second-order valence-corrected chi connectivity index (χ2v) is 8.58. The number of rotatable bonds is 8. The Morgan fingerprint density at radius 2 is 1.66 bits per heavy atom. The van der Waals surface area contributed by atoms with Crippen molar-refractivity contribution in [2.75, 3.05) is 10.8 Å². The van der Waals surface area contributed by atoms with E-state index in [0.717, 1.165) is 10.5 Å². The highest BCUT2D eigenvalue weighted by Gasteiger charge is 2.28. The first-order valence-corrected chi connectivity index (χ1v) is 10.9. The van der Waals surface area contributed by atoms with Gasteiger partial charge in [-0.3, -0.25) is 19.2 Å². The second kappa shape index (κ2) is 9.84. The van der Waals surface area contributed by atoms with Crippen molar-refractivity contribution in [2.45, 2.75) is 11.8 Å². The third-order valence-corrected chi connectivity index (χ3v) is 6.30. The Kier molecular flexibility index (Phi) is 6.96. The summed E-state index contributed by atoms with van der Waals surface area (Å²) >= 11 is 0. The lowest BCUT2D eigenvalue weighted by molar-refractivity contribution is -0.385. The zero-order chi connectivity index (χ0) is 23.1. The fourth-order valence-electron chi connectivity index (χ4n) is 2.97. The zero-order valence-electron chi connectivity index (χ0n) is 17.1. The topological polar surface area (TPSA) is 122 Å². The van der Waals surface area contributed by atoms with E-state index in [1.54, 1.807) is 55.5 Å². The molecule has 10 heteroatoms. The summed E-state index contributed by atoms with van der Waals surface area (Å²) in [7, 11) is -4.04. The predicted octanol–water partition coefficient (Wildman–Crippen LogP) is 3.25. The molecule has 0 radical (unpaired) electrons. The highest BCUT2D eigenvalue weighted by Crippen LogP contribution is 2.26. The third-order valence-electron chi connectivity index (χ3n) is 4.53. The largest absolute Gasteiger partial charge is 0.278 e. The Bertz CT molecular complexity index is 1260. The van der Waals surface area contributed by atoms with E-state index < -0.39 is 27.4 Å². The molecule has 1 amide bonds. The van der Waals surface area contributed by atoms with Gasteiger partial charge < -0.3 is 0 Å². The molecule has 164 valence electrons. The van der Waals surface area contributed by atoms with Gasteiger partial charge >= 0.3 is 0 Å². The van der Waals surface area contributed by atoms with Crippen LogP contribution in [0.25, 0.3) is 0 Å². The molecule has 3 aromatic rings. The number of amides is 1. The Balaban J connectivity index is 1.85. The number of nitrogens with one attached hydrogen (secondary N) is 1. The Morgan fingerprint density at radius 3 is 2.34 bits per heavy atom. The Labute approximate surface area is 185 Å². The molecule has 1 N–H and O–H groups in total. The highest BCUT2D eigenvalue weighted by atomic mass is 32.2. The van der Waals surface area contributed by atoms with Crippen molar-refractivity contribution in [3.8, 4) is 0 Å². The number of carbonyl (C=O) groups is 1. The molecule has 3 rings (SSSR count). The van der Waals surface area contributed by atoms with Crippen LogP contribution in [0.15, 0.2) is 88.9 Å². The number of anilines is 1. The molecule has 0 spiro atoms. The van der Waals surface area contributed by atoms with Crippen molar-refractivity contribution < 1.29 is 18.1 Å². The quantitative estimate of drug-likeness (QED) is 0.319. The molecular weight excluding hydrogens is 432 g/mol. The lowest BCUT2D eigenvalue weighted by Crippen LogP contribution is -2.40. The van der Waals surface area contributed by atoms with E-state index in [9.17, 15) is 23.3 Å². The summed E-state index contributed by atoms with van der Waals surface area (Å²) < 4.78 is 27.5. The van der Waals surface area contributed by atoms with Gasteiger partial charge in [0.05, 0.1) is 27.3 Å². The van der Waals surface area contributed by atoms with Crippen molar-refractivity contribution in [2.24, 2.45) is 5.10 Å². The predicted molar refractivity (Wildman–Crippen MR) is 121 cm³/mol. The SMILES string of the molecule is Cc1ccccc1N(CC(=O)N/N=C\c1ccccc1[N+](=O)[O-])S(=O)(=O)c1ccccc1. The van der Waals surface area contributed by atoms with Crippen LogP contribution >= 0.6 is 0 Å². The molecule has 0 aliphatic rings.